The molecule has 0 aliphatic heterocycles. The summed E-state index contributed by atoms with van der Waals surface area (Å²) in [5.74, 6) is 0.875. The molecule has 0 fully saturated rings. The molecule has 0 aromatic carbocycles. The summed E-state index contributed by atoms with van der Waals surface area (Å²) in [4.78, 5) is 0. The van der Waals surface area contributed by atoms with Crippen LogP contribution in [0.4, 0.5) is 0 Å². The molecule has 4 nitrogen and oxygen atoms in total. The van der Waals surface area contributed by atoms with Gasteiger partial charge in [0.1, 0.15) is 5.76 Å². The third-order valence-corrected chi connectivity index (χ3v) is 3.92. The minimum atomic E-state index is 0.368. The average molecular weight is 280 g/mol. The van der Waals surface area contributed by atoms with E-state index in [0.717, 1.165) is 25.1 Å². The van der Waals surface area contributed by atoms with Gasteiger partial charge in [0.2, 0.25) is 0 Å². The summed E-state index contributed by atoms with van der Waals surface area (Å²) >= 11 is 5.78. The Balaban J connectivity index is 1.71. The van der Waals surface area contributed by atoms with Crippen molar-refractivity contribution in [1.82, 2.24) is 15.1 Å². The predicted octanol–water partition coefficient (Wildman–Crippen LogP) is 3.32. The quantitative estimate of drug-likeness (QED) is 0.934. The first-order valence-corrected chi connectivity index (χ1v) is 7.18. The summed E-state index contributed by atoms with van der Waals surface area (Å²) in [6, 6.07) is 4.06. The van der Waals surface area contributed by atoms with Crippen LogP contribution in [0.3, 0.4) is 0 Å². The first kappa shape index (κ1) is 12.8. The van der Waals surface area contributed by atoms with Crippen LogP contribution in [0.1, 0.15) is 42.8 Å². The van der Waals surface area contributed by atoms with E-state index in [-0.39, 0.29) is 0 Å². The molecule has 0 amide bonds. The Bertz CT molecular complexity index is 561. The number of aryl methyl sites for hydroxylation is 1. The Kier molecular flexibility index (Phi) is 3.62. The first-order valence-electron chi connectivity index (χ1n) is 6.80. The summed E-state index contributed by atoms with van der Waals surface area (Å²) in [6.07, 6.45) is 5.49. The molecule has 5 heteroatoms. The molecule has 1 N–H and O–H groups in total. The fraction of sp³-hybridized carbons (Fsp3) is 0.500. The van der Waals surface area contributed by atoms with Gasteiger partial charge in [-0.3, -0.25) is 4.68 Å². The van der Waals surface area contributed by atoms with Crippen molar-refractivity contribution in [1.29, 1.82) is 0 Å². The molecule has 1 aliphatic rings. The van der Waals surface area contributed by atoms with E-state index in [9.17, 15) is 0 Å². The highest BCUT2D eigenvalue weighted by molar-refractivity contribution is 6.28. The van der Waals surface area contributed by atoms with Gasteiger partial charge in [0.15, 0.2) is 5.22 Å². The van der Waals surface area contributed by atoms with Gasteiger partial charge in [-0.2, -0.15) is 5.10 Å². The summed E-state index contributed by atoms with van der Waals surface area (Å²) in [5, 5.41) is 8.44. The highest BCUT2D eigenvalue weighted by Gasteiger charge is 2.23. The third kappa shape index (κ3) is 2.55. The Morgan fingerprint density at radius 1 is 1.53 bits per heavy atom. The van der Waals surface area contributed by atoms with Crippen LogP contribution in [-0.4, -0.2) is 9.78 Å². The molecule has 0 bridgehead atoms. The number of halogens is 1. The van der Waals surface area contributed by atoms with Crippen LogP contribution >= 0.6 is 11.6 Å². The van der Waals surface area contributed by atoms with E-state index in [1.165, 1.54) is 17.7 Å². The van der Waals surface area contributed by atoms with Crippen molar-refractivity contribution >= 4 is 11.6 Å². The molecule has 3 rings (SSSR count). The van der Waals surface area contributed by atoms with Crippen molar-refractivity contribution in [3.63, 3.8) is 0 Å². The van der Waals surface area contributed by atoms with Crippen molar-refractivity contribution in [2.45, 2.75) is 45.3 Å². The molecule has 1 atom stereocenters. The molecule has 2 heterocycles. The molecule has 0 spiro atoms. The van der Waals surface area contributed by atoms with E-state index in [2.05, 4.69) is 22.0 Å². The van der Waals surface area contributed by atoms with Crippen LogP contribution in [0.5, 0.6) is 0 Å². The minimum absolute atomic E-state index is 0.368. The monoisotopic (exact) mass is 279 g/mol. The average Bonchev–Trinajstić information content (AvgIpc) is 3.02. The van der Waals surface area contributed by atoms with Crippen LogP contribution in [0.25, 0.3) is 0 Å². The van der Waals surface area contributed by atoms with Crippen LogP contribution < -0.4 is 5.32 Å². The zero-order valence-electron chi connectivity index (χ0n) is 11.0. The zero-order valence-corrected chi connectivity index (χ0v) is 11.8. The maximum Gasteiger partial charge on any atom is 0.193 e. The topological polar surface area (TPSA) is 43.0 Å². The highest BCUT2D eigenvalue weighted by Crippen LogP contribution is 2.30. The van der Waals surface area contributed by atoms with Crippen molar-refractivity contribution in [3.05, 3.63) is 40.6 Å². The number of furan rings is 1. The maximum atomic E-state index is 5.78. The summed E-state index contributed by atoms with van der Waals surface area (Å²) in [5.41, 5.74) is 2.72. The molecule has 0 radical (unpaired) electrons. The largest absolute Gasteiger partial charge is 0.448 e. The maximum absolute atomic E-state index is 5.78. The highest BCUT2D eigenvalue weighted by atomic mass is 35.5. The van der Waals surface area contributed by atoms with Crippen LogP contribution in [0.2, 0.25) is 5.22 Å². The van der Waals surface area contributed by atoms with E-state index in [0.29, 0.717) is 17.8 Å². The van der Waals surface area contributed by atoms with Crippen LogP contribution in [0.15, 0.2) is 22.7 Å². The third-order valence-electron chi connectivity index (χ3n) is 3.71. The molecular formula is C14H18ClN3O. The second-order valence-electron chi connectivity index (χ2n) is 4.89. The van der Waals surface area contributed by atoms with Gasteiger partial charge in [0, 0.05) is 23.8 Å². The number of fused-ring (bicyclic) bond motifs is 1. The summed E-state index contributed by atoms with van der Waals surface area (Å²) < 4.78 is 7.48. The standard InChI is InChI=1S/C14H18ClN3O/c1-2-18-13-5-3-4-12(11(13)9-17-18)16-8-10-6-7-14(15)19-10/h6-7,9,12,16H,2-5,8H2,1H3. The lowest BCUT2D eigenvalue weighted by Gasteiger charge is -2.23. The van der Waals surface area contributed by atoms with Crippen molar-refractivity contribution in [2.24, 2.45) is 0 Å². The normalized spacial score (nSPS) is 18.5. The molecule has 0 saturated heterocycles. The smallest absolute Gasteiger partial charge is 0.193 e. The van der Waals surface area contributed by atoms with E-state index >= 15 is 0 Å². The molecule has 1 aliphatic carbocycles. The van der Waals surface area contributed by atoms with Gasteiger partial charge in [0.25, 0.3) is 0 Å². The summed E-state index contributed by atoms with van der Waals surface area (Å²) in [7, 11) is 0. The van der Waals surface area contributed by atoms with Gasteiger partial charge in [-0.25, -0.2) is 0 Å². The van der Waals surface area contributed by atoms with Crippen molar-refractivity contribution in [2.75, 3.05) is 0 Å². The molecule has 2 aromatic rings. The molecular weight excluding hydrogens is 262 g/mol. The number of nitrogens with one attached hydrogen (secondary N) is 1. The minimum Gasteiger partial charge on any atom is -0.448 e. The molecule has 2 aromatic heterocycles. The Morgan fingerprint density at radius 2 is 2.42 bits per heavy atom. The molecule has 1 unspecified atom stereocenters. The van der Waals surface area contributed by atoms with Crippen LogP contribution in [0, 0.1) is 0 Å². The number of nitrogens with zero attached hydrogens (tertiary/aromatic N) is 2. The Labute approximate surface area is 117 Å². The van der Waals surface area contributed by atoms with Gasteiger partial charge < -0.3 is 9.73 Å². The molecule has 102 valence electrons. The second kappa shape index (κ2) is 5.39. The Hall–Kier alpha value is -1.26. The van der Waals surface area contributed by atoms with E-state index in [1.807, 2.05) is 12.3 Å². The van der Waals surface area contributed by atoms with Gasteiger partial charge in [0.05, 0.1) is 12.7 Å². The molecule has 0 saturated carbocycles. The van der Waals surface area contributed by atoms with Gasteiger partial charge in [-0.05, 0) is 49.9 Å². The van der Waals surface area contributed by atoms with E-state index in [4.69, 9.17) is 16.0 Å². The first-order chi connectivity index (χ1) is 9.28. The van der Waals surface area contributed by atoms with Gasteiger partial charge >= 0.3 is 0 Å². The summed E-state index contributed by atoms with van der Waals surface area (Å²) in [6.45, 7) is 3.78. The number of rotatable bonds is 4. The lowest BCUT2D eigenvalue weighted by Crippen LogP contribution is -2.24. The zero-order chi connectivity index (χ0) is 13.2. The van der Waals surface area contributed by atoms with Gasteiger partial charge in [-0.1, -0.05) is 0 Å². The van der Waals surface area contributed by atoms with E-state index < -0.39 is 0 Å². The number of hydrogen-bond donors (Lipinski definition) is 1. The molecule has 19 heavy (non-hydrogen) atoms. The Morgan fingerprint density at radius 3 is 3.16 bits per heavy atom. The van der Waals surface area contributed by atoms with Gasteiger partial charge in [-0.15, -0.1) is 0 Å². The number of hydrogen-bond acceptors (Lipinski definition) is 3. The van der Waals surface area contributed by atoms with Crippen LogP contribution in [-0.2, 0) is 19.5 Å². The van der Waals surface area contributed by atoms with Crippen molar-refractivity contribution in [3.8, 4) is 0 Å². The van der Waals surface area contributed by atoms with Crippen molar-refractivity contribution < 1.29 is 4.42 Å². The fourth-order valence-electron chi connectivity index (χ4n) is 2.77. The lowest BCUT2D eigenvalue weighted by molar-refractivity contribution is 0.413. The fourth-order valence-corrected chi connectivity index (χ4v) is 2.94. The van der Waals surface area contributed by atoms with E-state index in [1.54, 1.807) is 6.07 Å². The second-order valence-corrected chi connectivity index (χ2v) is 5.27. The number of aromatic nitrogens is 2. The SMILES string of the molecule is CCn1ncc2c1CCCC2NCc1ccc(Cl)o1. The predicted molar refractivity (Wildman–Crippen MR) is 74.1 cm³/mol. The lowest BCUT2D eigenvalue weighted by atomic mass is 9.93.